The van der Waals surface area contributed by atoms with Crippen LogP contribution < -0.4 is 10.6 Å². The maximum absolute atomic E-state index is 11.6. The van der Waals surface area contributed by atoms with E-state index < -0.39 is 0 Å². The molecular formula is C14H22N4O. The molecule has 5 heteroatoms. The molecule has 0 spiro atoms. The van der Waals surface area contributed by atoms with Crippen molar-refractivity contribution in [2.45, 2.75) is 58.2 Å². The first-order valence-electron chi connectivity index (χ1n) is 7.29. The molecule has 104 valence electrons. The van der Waals surface area contributed by atoms with Gasteiger partial charge in [-0.3, -0.25) is 4.79 Å². The molecule has 0 radical (unpaired) electrons. The zero-order chi connectivity index (χ0) is 13.2. The summed E-state index contributed by atoms with van der Waals surface area (Å²) in [5, 5.41) is 6.38. The fourth-order valence-electron chi connectivity index (χ4n) is 2.73. The van der Waals surface area contributed by atoms with Crippen molar-refractivity contribution in [2.75, 3.05) is 6.54 Å². The van der Waals surface area contributed by atoms with Crippen LogP contribution in [0, 0.1) is 6.92 Å². The van der Waals surface area contributed by atoms with Crippen molar-refractivity contribution >= 4 is 5.91 Å². The molecule has 1 fully saturated rings. The first-order chi connectivity index (χ1) is 9.24. The number of rotatable bonds is 5. The van der Waals surface area contributed by atoms with Crippen LogP contribution in [0.5, 0.6) is 0 Å². The Labute approximate surface area is 113 Å². The van der Waals surface area contributed by atoms with Gasteiger partial charge in [0.25, 0.3) is 0 Å². The fraction of sp³-hybridized carbons (Fsp3) is 0.714. The summed E-state index contributed by atoms with van der Waals surface area (Å²) in [7, 11) is 0. The Kier molecular flexibility index (Phi) is 3.55. The quantitative estimate of drug-likeness (QED) is 0.829. The summed E-state index contributed by atoms with van der Waals surface area (Å²) < 4.78 is 2.29. The summed E-state index contributed by atoms with van der Waals surface area (Å²) >= 11 is 0. The maximum atomic E-state index is 11.6. The van der Waals surface area contributed by atoms with E-state index in [0.717, 1.165) is 51.1 Å². The maximum Gasteiger partial charge on any atom is 0.220 e. The van der Waals surface area contributed by atoms with Gasteiger partial charge >= 0.3 is 0 Å². The number of hydrogen-bond acceptors (Lipinski definition) is 3. The van der Waals surface area contributed by atoms with Gasteiger partial charge in [-0.05, 0) is 26.2 Å². The van der Waals surface area contributed by atoms with Crippen LogP contribution in [0.3, 0.4) is 0 Å². The third kappa shape index (κ3) is 2.97. The number of amides is 1. The summed E-state index contributed by atoms with van der Waals surface area (Å²) in [5.74, 6) is 1.28. The van der Waals surface area contributed by atoms with Gasteiger partial charge in [0.05, 0.1) is 5.69 Å². The van der Waals surface area contributed by atoms with Crippen LogP contribution in [0.1, 0.15) is 42.9 Å². The largest absolute Gasteiger partial charge is 0.353 e. The van der Waals surface area contributed by atoms with Crippen LogP contribution in [-0.4, -0.2) is 28.0 Å². The Morgan fingerprint density at radius 3 is 3.16 bits per heavy atom. The molecule has 5 nitrogen and oxygen atoms in total. The van der Waals surface area contributed by atoms with Crippen molar-refractivity contribution in [1.29, 1.82) is 0 Å². The molecule has 1 aromatic heterocycles. The molecule has 0 bridgehead atoms. The van der Waals surface area contributed by atoms with Gasteiger partial charge in [-0.15, -0.1) is 0 Å². The molecule has 0 unspecified atom stereocenters. The van der Waals surface area contributed by atoms with Crippen molar-refractivity contribution in [1.82, 2.24) is 20.2 Å². The van der Waals surface area contributed by atoms with E-state index in [4.69, 9.17) is 0 Å². The van der Waals surface area contributed by atoms with Gasteiger partial charge in [0.2, 0.25) is 5.91 Å². The molecule has 0 saturated heterocycles. The highest BCUT2D eigenvalue weighted by molar-refractivity contribution is 5.76. The van der Waals surface area contributed by atoms with E-state index in [1.54, 1.807) is 0 Å². The van der Waals surface area contributed by atoms with Crippen molar-refractivity contribution < 1.29 is 4.79 Å². The highest BCUT2D eigenvalue weighted by atomic mass is 16.1. The molecule has 1 saturated carbocycles. The number of aromatic nitrogens is 2. The van der Waals surface area contributed by atoms with E-state index in [1.807, 2.05) is 0 Å². The van der Waals surface area contributed by atoms with Gasteiger partial charge < -0.3 is 15.2 Å². The van der Waals surface area contributed by atoms with Crippen LogP contribution in [0.4, 0.5) is 0 Å². The smallest absolute Gasteiger partial charge is 0.220 e. The Hall–Kier alpha value is -1.36. The van der Waals surface area contributed by atoms with Crippen LogP contribution in [0.25, 0.3) is 0 Å². The van der Waals surface area contributed by atoms with Crippen LogP contribution in [0.15, 0.2) is 0 Å². The van der Waals surface area contributed by atoms with Gasteiger partial charge in [-0.25, -0.2) is 4.98 Å². The molecule has 3 rings (SSSR count). The third-order valence-electron chi connectivity index (χ3n) is 3.91. The van der Waals surface area contributed by atoms with Crippen molar-refractivity contribution in [2.24, 2.45) is 0 Å². The minimum Gasteiger partial charge on any atom is -0.353 e. The lowest BCUT2D eigenvalue weighted by Crippen LogP contribution is -2.26. The Morgan fingerprint density at radius 2 is 2.37 bits per heavy atom. The summed E-state index contributed by atoms with van der Waals surface area (Å²) in [6.07, 6.45) is 4.89. The van der Waals surface area contributed by atoms with Crippen LogP contribution in [-0.2, 0) is 24.3 Å². The number of nitrogens with zero attached hydrogens (tertiary/aromatic N) is 2. The molecular weight excluding hydrogens is 240 g/mol. The average Bonchev–Trinajstić information content (AvgIpc) is 3.14. The molecule has 19 heavy (non-hydrogen) atoms. The Bertz CT molecular complexity index is 476. The van der Waals surface area contributed by atoms with E-state index in [1.165, 1.54) is 11.4 Å². The highest BCUT2D eigenvalue weighted by Crippen LogP contribution is 2.19. The second kappa shape index (κ2) is 5.33. The number of aryl methyl sites for hydroxylation is 1. The van der Waals surface area contributed by atoms with Gasteiger partial charge in [0.15, 0.2) is 0 Å². The van der Waals surface area contributed by atoms with E-state index in [0.29, 0.717) is 12.5 Å². The number of carbonyl (C=O) groups excluding carboxylic acids is 1. The van der Waals surface area contributed by atoms with Crippen LogP contribution in [0.2, 0.25) is 0 Å². The Morgan fingerprint density at radius 1 is 1.53 bits per heavy atom. The number of nitrogens with one attached hydrogen (secondary N) is 2. The lowest BCUT2D eigenvalue weighted by Gasteiger charge is -2.15. The minimum atomic E-state index is 0.204. The van der Waals surface area contributed by atoms with Crippen molar-refractivity contribution in [3.05, 3.63) is 17.2 Å². The molecule has 1 aliphatic carbocycles. The predicted molar refractivity (Wildman–Crippen MR) is 72.8 cm³/mol. The summed E-state index contributed by atoms with van der Waals surface area (Å²) in [6, 6.07) is 0.473. The molecule has 2 heterocycles. The average molecular weight is 262 g/mol. The molecule has 1 amide bonds. The number of hydrogen-bond donors (Lipinski definition) is 2. The topological polar surface area (TPSA) is 59.0 Å². The zero-order valence-electron chi connectivity index (χ0n) is 11.5. The first kappa shape index (κ1) is 12.7. The molecule has 1 aliphatic heterocycles. The minimum absolute atomic E-state index is 0.204. The molecule has 2 N–H and O–H groups in total. The monoisotopic (exact) mass is 262 g/mol. The first-order valence-corrected chi connectivity index (χ1v) is 7.29. The summed E-state index contributed by atoms with van der Waals surface area (Å²) in [5.41, 5.74) is 2.55. The van der Waals surface area contributed by atoms with E-state index in [9.17, 15) is 4.79 Å². The highest BCUT2D eigenvalue weighted by Gasteiger charge is 2.23. The fourth-order valence-corrected chi connectivity index (χ4v) is 2.73. The van der Waals surface area contributed by atoms with Gasteiger partial charge in [0, 0.05) is 44.2 Å². The lowest BCUT2D eigenvalue weighted by molar-refractivity contribution is -0.121. The molecule has 0 aromatic carbocycles. The predicted octanol–water partition coefficient (Wildman–Crippen LogP) is 0.896. The van der Waals surface area contributed by atoms with Gasteiger partial charge in [-0.2, -0.15) is 0 Å². The van der Waals surface area contributed by atoms with E-state index in [2.05, 4.69) is 27.1 Å². The van der Waals surface area contributed by atoms with Crippen molar-refractivity contribution in [3.63, 3.8) is 0 Å². The normalized spacial score (nSPS) is 18.2. The molecule has 2 aliphatic rings. The summed E-state index contributed by atoms with van der Waals surface area (Å²) in [4.78, 5) is 16.3. The molecule has 1 aromatic rings. The van der Waals surface area contributed by atoms with Crippen molar-refractivity contribution in [3.8, 4) is 0 Å². The van der Waals surface area contributed by atoms with Crippen LogP contribution >= 0.6 is 0 Å². The number of imidazole rings is 1. The standard InChI is InChI=1S/C14H22N4O/c1-10-16-12-9-15-7-6-13(12)18(10)8-2-3-14(19)17-11-4-5-11/h11,15H,2-9H2,1H3,(H,17,19). The van der Waals surface area contributed by atoms with E-state index >= 15 is 0 Å². The third-order valence-corrected chi connectivity index (χ3v) is 3.91. The zero-order valence-corrected chi connectivity index (χ0v) is 11.5. The number of fused-ring (bicyclic) bond motifs is 1. The van der Waals surface area contributed by atoms with Gasteiger partial charge in [0.1, 0.15) is 5.82 Å². The second-order valence-corrected chi connectivity index (χ2v) is 5.58. The Balaban J connectivity index is 1.54. The number of carbonyl (C=O) groups is 1. The summed E-state index contributed by atoms with van der Waals surface area (Å²) in [6.45, 7) is 4.88. The van der Waals surface area contributed by atoms with E-state index in [-0.39, 0.29) is 5.91 Å². The van der Waals surface area contributed by atoms with Gasteiger partial charge in [-0.1, -0.05) is 0 Å². The molecule has 0 atom stereocenters. The lowest BCUT2D eigenvalue weighted by atomic mass is 10.2. The second-order valence-electron chi connectivity index (χ2n) is 5.58. The SMILES string of the molecule is Cc1nc2c(n1CCCC(=O)NC1CC1)CCNC2.